The van der Waals surface area contributed by atoms with Crippen LogP contribution in [0.2, 0.25) is 0 Å². The van der Waals surface area contributed by atoms with Gasteiger partial charge in [0, 0.05) is 24.5 Å². The molecule has 164 valence electrons. The Bertz CT molecular complexity index is 970. The van der Waals surface area contributed by atoms with E-state index in [1.54, 1.807) is 30.6 Å². The Labute approximate surface area is 176 Å². The second kappa shape index (κ2) is 11.1. The van der Waals surface area contributed by atoms with Gasteiger partial charge >= 0.3 is 13.2 Å². The van der Waals surface area contributed by atoms with Gasteiger partial charge in [-0.25, -0.2) is 0 Å². The van der Waals surface area contributed by atoms with Gasteiger partial charge in [-0.05, 0) is 53.4 Å². The summed E-state index contributed by atoms with van der Waals surface area (Å²) in [5.41, 5.74) is 2.36. The average molecular weight is 436 g/mol. The number of ether oxygens (including phenoxy) is 2. The van der Waals surface area contributed by atoms with Gasteiger partial charge in [-0.2, -0.15) is 17.6 Å². The normalized spacial score (nSPS) is 11.7. The van der Waals surface area contributed by atoms with Crippen LogP contribution >= 0.6 is 0 Å². The van der Waals surface area contributed by atoms with Crippen molar-refractivity contribution in [1.29, 1.82) is 0 Å². The molecular formula is C22H20F4N2O3. The monoisotopic (exact) mass is 436 g/mol. The Kier molecular flexibility index (Phi) is 8.48. The molecule has 1 aromatic carbocycles. The third-order valence-electron chi connectivity index (χ3n) is 4.32. The Balaban J connectivity index is 0.00000341. The summed E-state index contributed by atoms with van der Waals surface area (Å²) < 4.78 is 59.5. The fraction of sp³-hybridized carbons (Fsp3) is 0.227. The molecule has 2 aromatic heterocycles. The number of hydrogen-bond acceptors (Lipinski definition) is 5. The Hall–Kier alpha value is -3.49. The van der Waals surface area contributed by atoms with E-state index in [-0.39, 0.29) is 19.0 Å². The minimum absolute atomic E-state index is 0. The summed E-state index contributed by atoms with van der Waals surface area (Å²) in [5.74, 6) is -1.38. The zero-order chi connectivity index (χ0) is 21.5. The van der Waals surface area contributed by atoms with Crippen LogP contribution in [-0.4, -0.2) is 29.5 Å². The summed E-state index contributed by atoms with van der Waals surface area (Å²) in [5, 5.41) is 0. The van der Waals surface area contributed by atoms with E-state index in [2.05, 4.69) is 19.4 Å². The Morgan fingerprint density at radius 1 is 0.871 bits per heavy atom. The molecule has 9 heteroatoms. The number of halogens is 4. The molecule has 0 radical (unpaired) electrons. The molecule has 2 heterocycles. The number of hydrogen-bond donors (Lipinski definition) is 0. The number of rotatable bonds is 9. The number of pyridine rings is 2. The molecule has 0 saturated heterocycles. The first kappa shape index (κ1) is 23.8. The molecule has 1 atom stereocenters. The van der Waals surface area contributed by atoms with Crippen molar-refractivity contribution >= 4 is 6.29 Å². The van der Waals surface area contributed by atoms with Gasteiger partial charge in [0.2, 0.25) is 0 Å². The Morgan fingerprint density at radius 3 is 2.10 bits per heavy atom. The van der Waals surface area contributed by atoms with Crippen LogP contribution in [0, 0.1) is 0 Å². The minimum Gasteiger partial charge on any atom is -0.431 e. The topological polar surface area (TPSA) is 61.3 Å². The molecule has 1 unspecified atom stereocenters. The van der Waals surface area contributed by atoms with Gasteiger partial charge in [0.05, 0.1) is 0 Å². The smallest absolute Gasteiger partial charge is 0.387 e. The minimum atomic E-state index is -3.22. The first-order valence-electron chi connectivity index (χ1n) is 8.80. The molecule has 0 amide bonds. The van der Waals surface area contributed by atoms with Gasteiger partial charge in [-0.15, -0.1) is 0 Å². The van der Waals surface area contributed by atoms with Crippen molar-refractivity contribution in [3.63, 3.8) is 0 Å². The van der Waals surface area contributed by atoms with Crippen LogP contribution in [0.1, 0.15) is 40.5 Å². The van der Waals surface area contributed by atoms with Crippen LogP contribution in [0.3, 0.4) is 0 Å². The highest BCUT2D eigenvalue weighted by atomic mass is 19.3. The second-order valence-corrected chi connectivity index (χ2v) is 6.21. The molecule has 0 spiro atoms. The maximum atomic E-state index is 12.8. The van der Waals surface area contributed by atoms with E-state index in [0.29, 0.717) is 23.8 Å². The van der Waals surface area contributed by atoms with Gasteiger partial charge in [-0.1, -0.05) is 19.6 Å². The van der Waals surface area contributed by atoms with E-state index < -0.39 is 24.7 Å². The third kappa shape index (κ3) is 6.50. The number of alkyl halides is 4. The second-order valence-electron chi connectivity index (χ2n) is 6.21. The van der Waals surface area contributed by atoms with Crippen LogP contribution < -0.4 is 9.47 Å². The first-order valence-corrected chi connectivity index (χ1v) is 8.80. The molecule has 0 aliphatic heterocycles. The van der Waals surface area contributed by atoms with Crippen LogP contribution in [0.15, 0.2) is 61.1 Å². The lowest BCUT2D eigenvalue weighted by Gasteiger charge is -2.20. The molecule has 3 rings (SSSR count). The molecule has 0 fully saturated rings. The molecule has 0 aliphatic rings. The van der Waals surface area contributed by atoms with E-state index in [9.17, 15) is 22.4 Å². The van der Waals surface area contributed by atoms with Crippen LogP contribution in [0.4, 0.5) is 17.6 Å². The first-order chi connectivity index (χ1) is 14.5. The lowest BCUT2D eigenvalue weighted by Crippen LogP contribution is -2.10. The zero-order valence-corrected chi connectivity index (χ0v) is 15.4. The van der Waals surface area contributed by atoms with E-state index in [1.165, 1.54) is 24.4 Å². The van der Waals surface area contributed by atoms with Gasteiger partial charge < -0.3 is 9.47 Å². The molecule has 0 saturated carbocycles. The van der Waals surface area contributed by atoms with E-state index in [1.807, 2.05) is 0 Å². The number of carbonyl (C=O) groups excluding carboxylic acids is 1. The van der Waals surface area contributed by atoms with Crippen molar-refractivity contribution < 1.29 is 31.8 Å². The summed E-state index contributed by atoms with van der Waals surface area (Å²) in [4.78, 5) is 18.9. The maximum Gasteiger partial charge on any atom is 0.387 e. The van der Waals surface area contributed by atoms with Crippen molar-refractivity contribution in [1.82, 2.24) is 9.97 Å². The summed E-state index contributed by atoms with van der Waals surface area (Å²) in [7, 11) is 0. The molecule has 5 nitrogen and oxygen atoms in total. The molecule has 31 heavy (non-hydrogen) atoms. The summed E-state index contributed by atoms with van der Waals surface area (Å²) in [6.07, 6.45) is 5.78. The highest BCUT2D eigenvalue weighted by Crippen LogP contribution is 2.36. The van der Waals surface area contributed by atoms with Gasteiger partial charge in [0.15, 0.2) is 17.8 Å². The molecular weight excluding hydrogens is 416 g/mol. The predicted octanol–water partition coefficient (Wildman–Crippen LogP) is 5.50. The molecule has 0 N–H and O–H groups in total. The lowest BCUT2D eigenvalue weighted by atomic mass is 9.86. The molecule has 0 aliphatic carbocycles. The molecule has 3 aromatic rings. The van der Waals surface area contributed by atoms with Crippen molar-refractivity contribution in [2.45, 2.75) is 33.0 Å². The number of aldehydes is 1. The lowest BCUT2D eigenvalue weighted by molar-refractivity contribution is -0.0692. The molecule has 0 bridgehead atoms. The van der Waals surface area contributed by atoms with E-state index >= 15 is 0 Å². The van der Waals surface area contributed by atoms with Crippen LogP contribution in [0.25, 0.3) is 0 Å². The van der Waals surface area contributed by atoms with Crippen molar-refractivity contribution in [2.75, 3.05) is 0 Å². The maximum absolute atomic E-state index is 12.8. The quantitative estimate of drug-likeness (QED) is 0.327. The SMILES string of the molecule is C.O=Cc1ccc(C(Cc2ccncc2)c2ccc(OC(F)F)c(OC(F)F)c2)cn1. The third-order valence-corrected chi connectivity index (χ3v) is 4.32. The summed E-state index contributed by atoms with van der Waals surface area (Å²) in [6, 6.07) is 10.7. The highest BCUT2D eigenvalue weighted by molar-refractivity contribution is 5.71. The van der Waals surface area contributed by atoms with Crippen LogP contribution in [-0.2, 0) is 6.42 Å². The van der Waals surface area contributed by atoms with Gasteiger partial charge in [0.25, 0.3) is 0 Å². The Morgan fingerprint density at radius 2 is 1.52 bits per heavy atom. The van der Waals surface area contributed by atoms with E-state index in [4.69, 9.17) is 0 Å². The average Bonchev–Trinajstić information content (AvgIpc) is 2.73. The van der Waals surface area contributed by atoms with Crippen LogP contribution in [0.5, 0.6) is 11.5 Å². The summed E-state index contributed by atoms with van der Waals surface area (Å²) >= 11 is 0. The number of carbonyl (C=O) groups is 1. The standard InChI is InChI=1S/C21H16F4N2O3.CH4/c22-20(23)29-18-4-2-14(10-19(18)30-21(24)25)17(9-13-5-7-26-8-6-13)15-1-3-16(12-28)27-11-15;/h1-8,10-12,17,20-21H,9H2;1H4. The fourth-order valence-corrected chi connectivity index (χ4v) is 3.00. The summed E-state index contributed by atoms with van der Waals surface area (Å²) in [6.45, 7) is -6.41. The highest BCUT2D eigenvalue weighted by Gasteiger charge is 2.21. The largest absolute Gasteiger partial charge is 0.431 e. The predicted molar refractivity (Wildman–Crippen MR) is 106 cm³/mol. The zero-order valence-electron chi connectivity index (χ0n) is 15.4. The number of benzene rings is 1. The van der Waals surface area contributed by atoms with Crippen molar-refractivity contribution in [3.8, 4) is 11.5 Å². The van der Waals surface area contributed by atoms with Crippen molar-refractivity contribution in [2.24, 2.45) is 0 Å². The fourth-order valence-electron chi connectivity index (χ4n) is 3.00. The van der Waals surface area contributed by atoms with Crippen molar-refractivity contribution in [3.05, 3.63) is 83.4 Å². The van der Waals surface area contributed by atoms with E-state index in [0.717, 1.165) is 11.6 Å². The number of nitrogens with zero attached hydrogens (tertiary/aromatic N) is 2. The number of aromatic nitrogens is 2. The van der Waals surface area contributed by atoms with Gasteiger partial charge in [0.1, 0.15) is 5.69 Å². The van der Waals surface area contributed by atoms with Gasteiger partial charge in [-0.3, -0.25) is 14.8 Å².